The fourth-order valence-corrected chi connectivity index (χ4v) is 2.92. The Morgan fingerprint density at radius 1 is 1.23 bits per heavy atom. The Balaban J connectivity index is 2.08. The zero-order valence-electron chi connectivity index (χ0n) is 15.1. The highest BCUT2D eigenvalue weighted by Crippen LogP contribution is 2.60. The van der Waals surface area contributed by atoms with E-state index >= 15 is 0 Å². The second-order valence-electron chi connectivity index (χ2n) is 6.71. The normalized spacial score (nSPS) is 22.7. The fourth-order valence-electron chi connectivity index (χ4n) is 2.92. The van der Waals surface area contributed by atoms with Crippen LogP contribution in [0.4, 0.5) is 35.1 Å². The smallest absolute Gasteiger partial charge is 0.406 e. The number of halogens is 8. The number of nitrogens with one attached hydrogen (secondary N) is 1. The summed E-state index contributed by atoms with van der Waals surface area (Å²) in [6.45, 7) is -4.11. The van der Waals surface area contributed by atoms with Crippen LogP contribution in [0.1, 0.15) is 30.9 Å². The molecule has 0 spiro atoms. The number of hydrogen-bond donors (Lipinski definition) is 2. The van der Waals surface area contributed by atoms with Gasteiger partial charge in [-0.3, -0.25) is 4.79 Å². The molecule has 1 aromatic rings. The van der Waals surface area contributed by atoms with Gasteiger partial charge in [0.25, 0.3) is 0 Å². The lowest BCUT2D eigenvalue weighted by atomic mass is 9.98. The molecule has 0 aliphatic heterocycles. The number of aliphatic hydroxyl groups excluding tert-OH is 1. The predicted octanol–water partition coefficient (Wildman–Crippen LogP) is 4.08. The van der Waals surface area contributed by atoms with Gasteiger partial charge in [-0.15, -0.1) is 13.2 Å². The van der Waals surface area contributed by atoms with Gasteiger partial charge in [0.05, 0.1) is 24.2 Å². The van der Waals surface area contributed by atoms with Crippen molar-refractivity contribution >= 4 is 5.91 Å². The van der Waals surface area contributed by atoms with Crippen molar-refractivity contribution in [3.8, 4) is 5.75 Å². The molecule has 1 aliphatic rings. The van der Waals surface area contributed by atoms with E-state index in [-0.39, 0.29) is 5.56 Å². The van der Waals surface area contributed by atoms with Gasteiger partial charge in [-0.1, -0.05) is 12.1 Å². The summed E-state index contributed by atoms with van der Waals surface area (Å²) in [6, 6.07) is 2.69. The Kier molecular flexibility index (Phi) is 7.17. The molecule has 1 aliphatic carbocycles. The average Bonchev–Trinajstić information content (AvgIpc) is 3.27. The number of benzene rings is 1. The number of hydrogen-bond acceptors (Lipinski definition) is 4. The van der Waals surface area contributed by atoms with Gasteiger partial charge in [0, 0.05) is 6.42 Å². The molecule has 1 amide bonds. The third-order valence-electron chi connectivity index (χ3n) is 4.62. The maximum absolute atomic E-state index is 13.0. The lowest BCUT2D eigenvalue weighted by molar-refractivity contribution is -0.274. The van der Waals surface area contributed by atoms with E-state index in [2.05, 4.69) is 14.8 Å². The molecule has 0 radical (unpaired) electrons. The number of rotatable bonds is 9. The van der Waals surface area contributed by atoms with Gasteiger partial charge in [0.2, 0.25) is 5.91 Å². The minimum atomic E-state index is -5.02. The van der Waals surface area contributed by atoms with Crippen LogP contribution < -0.4 is 10.1 Å². The first-order valence-electron chi connectivity index (χ1n) is 8.53. The Bertz CT molecular complexity index is 739. The molecule has 170 valence electrons. The Hall–Kier alpha value is -2.15. The topological polar surface area (TPSA) is 67.8 Å². The molecule has 1 fully saturated rings. The van der Waals surface area contributed by atoms with Crippen LogP contribution in [0.3, 0.4) is 0 Å². The summed E-state index contributed by atoms with van der Waals surface area (Å²) in [5.41, 5.74) is -2.50. The minimum absolute atomic E-state index is 0.0947. The van der Waals surface area contributed by atoms with Crippen molar-refractivity contribution < 1.29 is 54.5 Å². The molecule has 13 heteroatoms. The molecule has 0 saturated heterocycles. The van der Waals surface area contributed by atoms with Gasteiger partial charge >= 0.3 is 19.2 Å². The van der Waals surface area contributed by atoms with E-state index in [0.29, 0.717) is 0 Å². The van der Waals surface area contributed by atoms with Crippen LogP contribution in [0, 0.1) is 5.41 Å². The van der Waals surface area contributed by atoms with Crippen molar-refractivity contribution in [3.63, 3.8) is 0 Å². The van der Waals surface area contributed by atoms with E-state index in [1.54, 1.807) is 0 Å². The van der Waals surface area contributed by atoms with Crippen LogP contribution in [0.5, 0.6) is 5.75 Å². The van der Waals surface area contributed by atoms with Gasteiger partial charge in [-0.25, -0.2) is 0 Å². The fraction of sp³-hybridized carbons (Fsp3) is 0.588. The average molecular weight is 451 g/mol. The Morgan fingerprint density at radius 2 is 1.87 bits per heavy atom. The second-order valence-corrected chi connectivity index (χ2v) is 6.71. The molecule has 30 heavy (non-hydrogen) atoms. The summed E-state index contributed by atoms with van der Waals surface area (Å²) in [5.74, 6) is -1.67. The molecule has 3 atom stereocenters. The van der Waals surface area contributed by atoms with Crippen molar-refractivity contribution in [2.45, 2.75) is 50.6 Å². The lowest BCUT2D eigenvalue weighted by Gasteiger charge is -2.22. The summed E-state index contributed by atoms with van der Waals surface area (Å²) in [6.07, 6.45) is -13.4. The first kappa shape index (κ1) is 24.1. The van der Waals surface area contributed by atoms with Crippen molar-refractivity contribution in [2.75, 3.05) is 6.61 Å². The zero-order valence-corrected chi connectivity index (χ0v) is 15.1. The SMILES string of the molecule is O=C(CC[C@@]1(C(F)(F)F)C[C@H]1O)N[C@@H](COC(F)F)c1cccc(OC(F)(F)F)c1. The van der Waals surface area contributed by atoms with Crippen molar-refractivity contribution in [1.29, 1.82) is 0 Å². The van der Waals surface area contributed by atoms with Gasteiger partial charge in [-0.05, 0) is 30.5 Å². The van der Waals surface area contributed by atoms with E-state index in [4.69, 9.17) is 0 Å². The molecule has 0 unspecified atom stereocenters. The highest BCUT2D eigenvalue weighted by atomic mass is 19.4. The molecule has 0 bridgehead atoms. The van der Waals surface area contributed by atoms with Crippen LogP contribution in [-0.4, -0.2) is 42.9 Å². The van der Waals surface area contributed by atoms with Crippen LogP contribution in [0.2, 0.25) is 0 Å². The summed E-state index contributed by atoms with van der Waals surface area (Å²) < 4.78 is 109. The molecule has 1 saturated carbocycles. The zero-order chi connectivity index (χ0) is 22.7. The molecule has 1 aromatic carbocycles. The van der Waals surface area contributed by atoms with E-state index in [1.807, 2.05) is 0 Å². The highest BCUT2D eigenvalue weighted by molar-refractivity contribution is 5.76. The molecule has 0 aromatic heterocycles. The lowest BCUT2D eigenvalue weighted by Crippen LogP contribution is -2.34. The summed E-state index contributed by atoms with van der Waals surface area (Å²) in [5, 5.41) is 11.5. The maximum atomic E-state index is 13.0. The second kappa shape index (κ2) is 8.92. The number of carbonyl (C=O) groups excluding carboxylic acids is 1. The minimum Gasteiger partial charge on any atom is -0.406 e. The number of ether oxygens (including phenoxy) is 2. The molecule has 5 nitrogen and oxygen atoms in total. The first-order valence-corrected chi connectivity index (χ1v) is 8.53. The van der Waals surface area contributed by atoms with E-state index in [9.17, 15) is 45.0 Å². The number of alkyl halides is 8. The van der Waals surface area contributed by atoms with Gasteiger partial charge in [0.15, 0.2) is 0 Å². The molecular weight excluding hydrogens is 434 g/mol. The van der Waals surface area contributed by atoms with Crippen LogP contribution in [0.25, 0.3) is 0 Å². The maximum Gasteiger partial charge on any atom is 0.573 e. The third-order valence-corrected chi connectivity index (χ3v) is 4.62. The Labute approximate surface area is 164 Å². The van der Waals surface area contributed by atoms with Crippen molar-refractivity contribution in [1.82, 2.24) is 5.32 Å². The summed E-state index contributed by atoms with van der Waals surface area (Å²) >= 11 is 0. The molecular formula is C17H17F8NO4. The number of aliphatic hydroxyl groups is 1. The van der Waals surface area contributed by atoms with E-state index < -0.39 is 74.2 Å². The first-order chi connectivity index (χ1) is 13.7. The number of amides is 1. The quantitative estimate of drug-likeness (QED) is 0.556. The highest BCUT2D eigenvalue weighted by Gasteiger charge is 2.69. The predicted molar refractivity (Wildman–Crippen MR) is 84.3 cm³/mol. The summed E-state index contributed by atoms with van der Waals surface area (Å²) in [4.78, 5) is 12.1. The van der Waals surface area contributed by atoms with Gasteiger partial charge < -0.3 is 19.9 Å². The third kappa shape index (κ3) is 6.42. The van der Waals surface area contributed by atoms with Crippen molar-refractivity contribution in [3.05, 3.63) is 29.8 Å². The van der Waals surface area contributed by atoms with Gasteiger partial charge in [-0.2, -0.15) is 22.0 Å². The van der Waals surface area contributed by atoms with Crippen LogP contribution in [-0.2, 0) is 9.53 Å². The largest absolute Gasteiger partial charge is 0.573 e. The van der Waals surface area contributed by atoms with Crippen LogP contribution >= 0.6 is 0 Å². The molecule has 0 heterocycles. The van der Waals surface area contributed by atoms with E-state index in [1.165, 1.54) is 6.07 Å². The van der Waals surface area contributed by atoms with Crippen LogP contribution in [0.15, 0.2) is 24.3 Å². The molecule has 2 N–H and O–H groups in total. The van der Waals surface area contributed by atoms with Gasteiger partial charge in [0.1, 0.15) is 5.75 Å². The number of carbonyl (C=O) groups is 1. The molecule has 2 rings (SSSR count). The standard InChI is InChI=1S/C17H17F8NO4/c18-14(19)29-8-11(9-2-1-3-10(6-9)30-17(23,24)25)26-13(28)4-5-15(7-12(15)27)16(20,21)22/h1-3,6,11-12,14,27H,4-5,7-8H2,(H,26,28)/t11-,12+,15+/m0/s1. The Morgan fingerprint density at radius 3 is 2.37 bits per heavy atom. The van der Waals surface area contributed by atoms with E-state index in [0.717, 1.165) is 18.2 Å². The summed E-state index contributed by atoms with van der Waals surface area (Å²) in [7, 11) is 0. The van der Waals surface area contributed by atoms with Crippen molar-refractivity contribution in [2.24, 2.45) is 5.41 Å². The monoisotopic (exact) mass is 451 g/mol.